The second-order valence-electron chi connectivity index (χ2n) is 4.61. The van der Waals surface area contributed by atoms with Crippen molar-refractivity contribution in [1.29, 1.82) is 5.26 Å². The summed E-state index contributed by atoms with van der Waals surface area (Å²) in [7, 11) is 0. The van der Waals surface area contributed by atoms with Gasteiger partial charge >= 0.3 is 118 Å². The van der Waals surface area contributed by atoms with E-state index in [-0.39, 0.29) is 26.8 Å². The van der Waals surface area contributed by atoms with Gasteiger partial charge < -0.3 is 0 Å². The predicted octanol–water partition coefficient (Wildman–Crippen LogP) is 1.55. The molecular formula is C14H14N2O2Se. The van der Waals surface area contributed by atoms with Crippen LogP contribution >= 0.6 is 0 Å². The quantitative estimate of drug-likeness (QED) is 0.627. The number of carbonyl (C=O) groups excluding carboxylic acids is 2. The van der Waals surface area contributed by atoms with Crippen LogP contribution < -0.4 is 0 Å². The minimum atomic E-state index is -0.754. The van der Waals surface area contributed by atoms with E-state index in [9.17, 15) is 9.59 Å². The van der Waals surface area contributed by atoms with E-state index in [1.807, 2.05) is 19.1 Å². The van der Waals surface area contributed by atoms with Crippen molar-refractivity contribution >= 4 is 26.8 Å². The molecule has 1 heterocycles. The molecule has 0 bridgehead atoms. The molecule has 1 aromatic rings. The van der Waals surface area contributed by atoms with Gasteiger partial charge in [0.25, 0.3) is 0 Å². The maximum absolute atomic E-state index is 12.6. The second kappa shape index (κ2) is 5.16. The molecule has 0 aromatic heterocycles. The molecule has 5 heteroatoms. The number of benzene rings is 1. The summed E-state index contributed by atoms with van der Waals surface area (Å²) in [4.78, 5) is 28.3. The number of amides is 2. The molecule has 2 rings (SSSR count). The van der Waals surface area contributed by atoms with E-state index in [1.165, 1.54) is 4.90 Å². The molecule has 2 amide bonds. The first-order valence-corrected chi connectivity index (χ1v) is 8.09. The molecule has 1 aromatic carbocycles. The number of likely N-dealkylation sites (N-methyl/N-ethyl adjacent to an activating group) is 1. The Bertz CT molecular complexity index is 579. The summed E-state index contributed by atoms with van der Waals surface area (Å²) in [6.45, 7) is 3.99. The third kappa shape index (κ3) is 2.07. The van der Waals surface area contributed by atoms with Gasteiger partial charge in [0.2, 0.25) is 0 Å². The Labute approximate surface area is 118 Å². The van der Waals surface area contributed by atoms with E-state index in [0.29, 0.717) is 17.4 Å². The van der Waals surface area contributed by atoms with Crippen molar-refractivity contribution in [3.8, 4) is 4.97 Å². The molecule has 98 valence electrons. The SMILES string of the molecule is CCN1C(=O)c2ccccc2C(C)(C[Se]C#N)C1=O. The van der Waals surface area contributed by atoms with Crippen LogP contribution in [0.1, 0.15) is 29.8 Å². The van der Waals surface area contributed by atoms with Gasteiger partial charge in [-0.2, -0.15) is 0 Å². The van der Waals surface area contributed by atoms with E-state index in [0.717, 1.165) is 5.56 Å². The molecule has 1 atom stereocenters. The van der Waals surface area contributed by atoms with Crippen LogP contribution in [0.15, 0.2) is 24.3 Å². The maximum atomic E-state index is 12.6. The van der Waals surface area contributed by atoms with Crippen molar-refractivity contribution in [2.45, 2.75) is 24.6 Å². The summed E-state index contributed by atoms with van der Waals surface area (Å²) in [6, 6.07) is 7.21. The Morgan fingerprint density at radius 3 is 2.68 bits per heavy atom. The van der Waals surface area contributed by atoms with Crippen molar-refractivity contribution in [2.75, 3.05) is 6.54 Å². The number of hydrogen-bond acceptors (Lipinski definition) is 3. The number of nitriles is 1. The Morgan fingerprint density at radius 1 is 1.37 bits per heavy atom. The second-order valence-corrected chi connectivity index (χ2v) is 6.21. The van der Waals surface area contributed by atoms with Gasteiger partial charge in [-0.3, -0.25) is 0 Å². The standard InChI is InChI=1S/C14H14N2O2Se/c1-3-16-12(17)10-6-4-5-7-11(10)14(2,13(16)18)8-19-9-15/h4-7H,3,8H2,1-2H3. The van der Waals surface area contributed by atoms with Crippen LogP contribution in [-0.2, 0) is 10.2 Å². The predicted molar refractivity (Wildman–Crippen MR) is 71.7 cm³/mol. The van der Waals surface area contributed by atoms with E-state index in [4.69, 9.17) is 5.26 Å². The van der Waals surface area contributed by atoms with E-state index < -0.39 is 5.41 Å². The van der Waals surface area contributed by atoms with Crippen LogP contribution in [0.2, 0.25) is 5.32 Å². The average Bonchev–Trinajstić information content (AvgIpc) is 2.44. The van der Waals surface area contributed by atoms with Gasteiger partial charge in [-0.15, -0.1) is 0 Å². The fourth-order valence-corrected chi connectivity index (χ4v) is 3.73. The van der Waals surface area contributed by atoms with Crippen molar-refractivity contribution < 1.29 is 9.59 Å². The zero-order chi connectivity index (χ0) is 14.0. The van der Waals surface area contributed by atoms with E-state index in [1.54, 1.807) is 19.1 Å². The normalized spacial score (nSPS) is 22.1. The summed E-state index contributed by atoms with van der Waals surface area (Å²) < 4.78 is 0. The molecule has 0 fully saturated rings. The van der Waals surface area contributed by atoms with Crippen LogP contribution in [-0.4, -0.2) is 38.2 Å². The average molecular weight is 321 g/mol. The van der Waals surface area contributed by atoms with Crippen molar-refractivity contribution in [2.24, 2.45) is 0 Å². The third-order valence-corrected chi connectivity index (χ3v) is 5.24. The van der Waals surface area contributed by atoms with E-state index in [2.05, 4.69) is 4.97 Å². The van der Waals surface area contributed by atoms with Crippen LogP contribution in [0.25, 0.3) is 0 Å². The van der Waals surface area contributed by atoms with Gasteiger partial charge in [0, 0.05) is 0 Å². The molecule has 0 saturated heterocycles. The number of imide groups is 1. The zero-order valence-corrected chi connectivity index (χ0v) is 12.6. The van der Waals surface area contributed by atoms with Gasteiger partial charge in [-0.05, 0) is 0 Å². The number of hydrogen-bond donors (Lipinski definition) is 0. The van der Waals surface area contributed by atoms with Gasteiger partial charge in [0.15, 0.2) is 0 Å². The monoisotopic (exact) mass is 322 g/mol. The molecule has 0 saturated carbocycles. The van der Waals surface area contributed by atoms with Gasteiger partial charge in [-0.1, -0.05) is 0 Å². The van der Waals surface area contributed by atoms with Gasteiger partial charge in [0.1, 0.15) is 0 Å². The van der Waals surface area contributed by atoms with Crippen molar-refractivity contribution in [3.63, 3.8) is 0 Å². The summed E-state index contributed by atoms with van der Waals surface area (Å²) in [5.74, 6) is -0.416. The molecule has 0 aliphatic carbocycles. The molecule has 1 aliphatic heterocycles. The first-order chi connectivity index (χ1) is 9.06. The molecule has 4 nitrogen and oxygen atoms in total. The fraction of sp³-hybridized carbons (Fsp3) is 0.357. The third-order valence-electron chi connectivity index (χ3n) is 3.46. The first-order valence-electron chi connectivity index (χ1n) is 6.03. The molecule has 0 spiro atoms. The molecule has 0 radical (unpaired) electrons. The number of fused-ring (bicyclic) bond motifs is 1. The molecule has 0 N–H and O–H groups in total. The number of rotatable bonds is 3. The minimum absolute atomic E-state index is 0.184. The summed E-state index contributed by atoms with van der Waals surface area (Å²) in [5, 5.41) is 9.30. The Balaban J connectivity index is 2.59. The van der Waals surface area contributed by atoms with Crippen molar-refractivity contribution in [1.82, 2.24) is 4.90 Å². The van der Waals surface area contributed by atoms with Crippen LogP contribution in [0.4, 0.5) is 0 Å². The van der Waals surface area contributed by atoms with Crippen molar-refractivity contribution in [3.05, 3.63) is 35.4 Å². The number of nitrogens with zero attached hydrogens (tertiary/aromatic N) is 2. The van der Waals surface area contributed by atoms with E-state index >= 15 is 0 Å². The Hall–Kier alpha value is -1.63. The molecule has 19 heavy (non-hydrogen) atoms. The van der Waals surface area contributed by atoms with Gasteiger partial charge in [-0.25, -0.2) is 0 Å². The first kappa shape index (κ1) is 13.8. The topological polar surface area (TPSA) is 61.2 Å². The summed E-state index contributed by atoms with van der Waals surface area (Å²) in [6.07, 6.45) is 0. The van der Waals surface area contributed by atoms with Crippen LogP contribution in [0.5, 0.6) is 0 Å². The van der Waals surface area contributed by atoms with Crippen LogP contribution in [0, 0.1) is 10.2 Å². The number of carbonyl (C=O) groups is 2. The summed E-state index contributed by atoms with van der Waals surface area (Å²) >= 11 is -0.267. The molecule has 1 aliphatic rings. The Kier molecular flexibility index (Phi) is 3.75. The Morgan fingerprint density at radius 2 is 2.05 bits per heavy atom. The molecular weight excluding hydrogens is 307 g/mol. The zero-order valence-electron chi connectivity index (χ0n) is 10.8. The van der Waals surface area contributed by atoms with Crippen LogP contribution in [0.3, 0.4) is 0 Å². The van der Waals surface area contributed by atoms with Gasteiger partial charge in [0.05, 0.1) is 0 Å². The summed E-state index contributed by atoms with van der Waals surface area (Å²) in [5.41, 5.74) is 0.586. The fourth-order valence-electron chi connectivity index (χ4n) is 2.40. The molecule has 1 unspecified atom stereocenters.